The quantitative estimate of drug-likeness (QED) is 0.847. The first kappa shape index (κ1) is 14.8. The molecule has 0 aliphatic rings. The maximum absolute atomic E-state index is 13.6. The molecule has 0 bridgehead atoms. The number of anilines is 2. The van der Waals surface area contributed by atoms with Crippen molar-refractivity contribution in [1.82, 2.24) is 0 Å². The highest BCUT2D eigenvalue weighted by atomic mass is 79.9. The minimum atomic E-state index is -0.505. The van der Waals surface area contributed by atoms with Gasteiger partial charge in [0, 0.05) is 22.2 Å². The Morgan fingerprint density at radius 1 is 1.20 bits per heavy atom. The van der Waals surface area contributed by atoms with E-state index in [9.17, 15) is 9.18 Å². The molecular weight excluding hydrogens is 347 g/mol. The maximum atomic E-state index is 13.6. The first-order valence-electron chi connectivity index (χ1n) is 5.75. The molecule has 20 heavy (non-hydrogen) atoms. The van der Waals surface area contributed by atoms with E-state index in [1.807, 2.05) is 0 Å². The summed E-state index contributed by atoms with van der Waals surface area (Å²) in [7, 11) is 1.69. The molecule has 0 aliphatic carbocycles. The van der Waals surface area contributed by atoms with Crippen LogP contribution in [-0.2, 0) is 0 Å². The van der Waals surface area contributed by atoms with Gasteiger partial charge >= 0.3 is 0 Å². The summed E-state index contributed by atoms with van der Waals surface area (Å²) in [6.07, 6.45) is 0. The van der Waals surface area contributed by atoms with E-state index in [2.05, 4.69) is 26.6 Å². The Bertz CT molecular complexity index is 664. The van der Waals surface area contributed by atoms with Crippen molar-refractivity contribution in [3.05, 3.63) is 57.3 Å². The predicted octanol–water partition coefficient (Wildman–Crippen LogP) is 4.54. The zero-order chi connectivity index (χ0) is 14.7. The van der Waals surface area contributed by atoms with Gasteiger partial charge in [-0.1, -0.05) is 27.5 Å². The molecule has 0 radical (unpaired) electrons. The third-order valence-corrected chi connectivity index (χ3v) is 3.40. The lowest BCUT2D eigenvalue weighted by atomic mass is 10.1. The van der Waals surface area contributed by atoms with Gasteiger partial charge in [-0.05, 0) is 36.4 Å². The van der Waals surface area contributed by atoms with Crippen molar-refractivity contribution in [2.24, 2.45) is 0 Å². The number of carbonyl (C=O) groups is 1. The fourth-order valence-corrected chi connectivity index (χ4v) is 2.24. The van der Waals surface area contributed by atoms with Crippen LogP contribution in [0.2, 0.25) is 5.02 Å². The molecule has 104 valence electrons. The van der Waals surface area contributed by atoms with Gasteiger partial charge in [0.25, 0.3) is 5.91 Å². The van der Waals surface area contributed by atoms with E-state index < -0.39 is 11.7 Å². The van der Waals surface area contributed by atoms with Crippen LogP contribution >= 0.6 is 27.5 Å². The number of hydrogen-bond donors (Lipinski definition) is 2. The van der Waals surface area contributed by atoms with Crippen LogP contribution in [0, 0.1) is 5.82 Å². The zero-order valence-corrected chi connectivity index (χ0v) is 12.8. The first-order valence-corrected chi connectivity index (χ1v) is 6.92. The normalized spacial score (nSPS) is 10.2. The van der Waals surface area contributed by atoms with Crippen LogP contribution in [0.3, 0.4) is 0 Å². The summed E-state index contributed by atoms with van der Waals surface area (Å²) >= 11 is 9.12. The molecule has 6 heteroatoms. The Labute approximate surface area is 129 Å². The number of halogens is 3. The van der Waals surface area contributed by atoms with Gasteiger partial charge < -0.3 is 10.6 Å². The fraction of sp³-hybridized carbons (Fsp3) is 0.0714. The van der Waals surface area contributed by atoms with Crippen molar-refractivity contribution < 1.29 is 9.18 Å². The molecule has 0 aliphatic heterocycles. The summed E-state index contributed by atoms with van der Waals surface area (Å²) in [5, 5.41) is 5.85. The minimum absolute atomic E-state index is 0.103. The summed E-state index contributed by atoms with van der Waals surface area (Å²) in [5.41, 5.74) is 1.06. The highest BCUT2D eigenvalue weighted by Gasteiger charge is 2.14. The average Bonchev–Trinajstić information content (AvgIpc) is 2.42. The molecule has 2 aromatic rings. The number of nitrogens with one attached hydrogen (secondary N) is 2. The largest absolute Gasteiger partial charge is 0.387 e. The van der Waals surface area contributed by atoms with Gasteiger partial charge in [0.05, 0.1) is 11.3 Å². The lowest BCUT2D eigenvalue weighted by molar-refractivity contribution is 0.102. The molecule has 0 saturated carbocycles. The van der Waals surface area contributed by atoms with E-state index >= 15 is 0 Å². The molecular formula is C14H11BrClFN2O. The highest BCUT2D eigenvalue weighted by Crippen LogP contribution is 2.24. The SMILES string of the molecule is CNc1ccc(Cl)cc1C(=O)Nc1cc(Br)ccc1F. The van der Waals surface area contributed by atoms with E-state index in [4.69, 9.17) is 11.6 Å². The minimum Gasteiger partial charge on any atom is -0.387 e. The number of hydrogen-bond acceptors (Lipinski definition) is 2. The molecule has 2 aromatic carbocycles. The van der Waals surface area contributed by atoms with Crippen LogP contribution in [0.5, 0.6) is 0 Å². The fourth-order valence-electron chi connectivity index (χ4n) is 1.71. The first-order chi connectivity index (χ1) is 9.51. The van der Waals surface area contributed by atoms with Gasteiger partial charge in [0.1, 0.15) is 5.82 Å². The summed E-state index contributed by atoms with van der Waals surface area (Å²) < 4.78 is 14.3. The molecule has 2 rings (SSSR count). The summed E-state index contributed by atoms with van der Waals surface area (Å²) in [6.45, 7) is 0. The summed E-state index contributed by atoms with van der Waals surface area (Å²) in [5.74, 6) is -0.941. The van der Waals surface area contributed by atoms with E-state index in [1.54, 1.807) is 25.2 Å². The van der Waals surface area contributed by atoms with Crippen molar-refractivity contribution >= 4 is 44.8 Å². The van der Waals surface area contributed by atoms with Crippen LogP contribution in [0.4, 0.5) is 15.8 Å². The number of rotatable bonds is 3. The van der Waals surface area contributed by atoms with Gasteiger partial charge in [-0.2, -0.15) is 0 Å². The van der Waals surface area contributed by atoms with Crippen molar-refractivity contribution in [1.29, 1.82) is 0 Å². The van der Waals surface area contributed by atoms with Crippen molar-refractivity contribution in [3.63, 3.8) is 0 Å². The van der Waals surface area contributed by atoms with Gasteiger partial charge in [0.15, 0.2) is 0 Å². The second-order valence-corrected chi connectivity index (χ2v) is 5.37. The number of amides is 1. The van der Waals surface area contributed by atoms with Crippen LogP contribution in [0.25, 0.3) is 0 Å². The van der Waals surface area contributed by atoms with Crippen LogP contribution in [-0.4, -0.2) is 13.0 Å². The van der Waals surface area contributed by atoms with Crippen LogP contribution < -0.4 is 10.6 Å². The third-order valence-electron chi connectivity index (χ3n) is 2.67. The summed E-state index contributed by atoms with van der Waals surface area (Å²) in [6, 6.07) is 9.22. The Kier molecular flexibility index (Phi) is 4.62. The molecule has 0 atom stereocenters. The Balaban J connectivity index is 2.32. The van der Waals surface area contributed by atoms with Crippen LogP contribution in [0.15, 0.2) is 40.9 Å². The average molecular weight is 358 g/mol. The van der Waals surface area contributed by atoms with Gasteiger partial charge in [0.2, 0.25) is 0 Å². The highest BCUT2D eigenvalue weighted by molar-refractivity contribution is 9.10. The Hall–Kier alpha value is -1.59. The molecule has 3 nitrogen and oxygen atoms in total. The van der Waals surface area contributed by atoms with Crippen LogP contribution in [0.1, 0.15) is 10.4 Å². The van der Waals surface area contributed by atoms with Crippen molar-refractivity contribution in [3.8, 4) is 0 Å². The Morgan fingerprint density at radius 2 is 1.95 bits per heavy atom. The standard InChI is InChI=1S/C14H11BrClFN2O/c1-18-12-5-3-9(16)7-10(12)14(20)19-13-6-8(15)2-4-11(13)17/h2-7,18H,1H3,(H,19,20). The van der Waals surface area contributed by atoms with E-state index in [0.717, 1.165) is 0 Å². The molecule has 2 N–H and O–H groups in total. The number of carbonyl (C=O) groups excluding carboxylic acids is 1. The lowest BCUT2D eigenvalue weighted by Crippen LogP contribution is -2.15. The third kappa shape index (κ3) is 3.29. The molecule has 1 amide bonds. The molecule has 0 heterocycles. The predicted molar refractivity (Wildman–Crippen MR) is 83.1 cm³/mol. The topological polar surface area (TPSA) is 41.1 Å². The number of benzene rings is 2. The van der Waals surface area contributed by atoms with E-state index in [1.165, 1.54) is 18.2 Å². The molecule has 0 fully saturated rings. The second-order valence-electron chi connectivity index (χ2n) is 4.02. The van der Waals surface area contributed by atoms with Gasteiger partial charge in [-0.15, -0.1) is 0 Å². The molecule has 0 saturated heterocycles. The van der Waals surface area contributed by atoms with Crippen molar-refractivity contribution in [2.75, 3.05) is 17.7 Å². The maximum Gasteiger partial charge on any atom is 0.257 e. The van der Waals surface area contributed by atoms with E-state index in [0.29, 0.717) is 20.7 Å². The molecule has 0 aromatic heterocycles. The van der Waals surface area contributed by atoms with Gasteiger partial charge in [-0.25, -0.2) is 4.39 Å². The smallest absolute Gasteiger partial charge is 0.257 e. The summed E-state index contributed by atoms with van der Waals surface area (Å²) in [4.78, 5) is 12.2. The second kappa shape index (κ2) is 6.24. The monoisotopic (exact) mass is 356 g/mol. The Morgan fingerprint density at radius 3 is 2.65 bits per heavy atom. The lowest BCUT2D eigenvalue weighted by Gasteiger charge is -2.11. The van der Waals surface area contributed by atoms with Crippen molar-refractivity contribution in [2.45, 2.75) is 0 Å². The zero-order valence-electron chi connectivity index (χ0n) is 10.5. The van der Waals surface area contributed by atoms with E-state index in [-0.39, 0.29) is 5.69 Å². The molecule has 0 unspecified atom stereocenters. The molecule has 0 spiro atoms. The van der Waals surface area contributed by atoms with Gasteiger partial charge in [-0.3, -0.25) is 4.79 Å².